The molecule has 0 heterocycles. The van der Waals surface area contributed by atoms with Crippen LogP contribution in [0.3, 0.4) is 0 Å². The number of nitrogens with one attached hydrogen (secondary N) is 1. The van der Waals surface area contributed by atoms with Gasteiger partial charge in [0.2, 0.25) is 5.91 Å². The minimum absolute atomic E-state index is 0.0222. The highest BCUT2D eigenvalue weighted by Crippen LogP contribution is 2.34. The predicted octanol–water partition coefficient (Wildman–Crippen LogP) is 8.10. The van der Waals surface area contributed by atoms with Crippen molar-refractivity contribution in [2.24, 2.45) is 0 Å². The third-order valence-electron chi connectivity index (χ3n) is 6.25. The third kappa shape index (κ3) is 9.26. The predicted molar refractivity (Wildman–Crippen MR) is 155 cm³/mol. The maximum absolute atomic E-state index is 15.5. The molecule has 0 aromatic heterocycles. The quantitative estimate of drug-likeness (QED) is 0.203. The highest BCUT2D eigenvalue weighted by molar-refractivity contribution is 6.20. The van der Waals surface area contributed by atoms with Crippen molar-refractivity contribution >= 4 is 17.4 Å². The van der Waals surface area contributed by atoms with Gasteiger partial charge in [0.05, 0.1) is 11.1 Å². The van der Waals surface area contributed by atoms with Crippen LogP contribution in [0.5, 0.6) is 0 Å². The van der Waals surface area contributed by atoms with E-state index in [1.54, 1.807) is 49.4 Å². The topological polar surface area (TPSA) is 49.4 Å². The van der Waals surface area contributed by atoms with Crippen LogP contribution in [-0.4, -0.2) is 23.3 Å². The van der Waals surface area contributed by atoms with Crippen LogP contribution >= 0.6 is 0 Å². The minimum atomic E-state index is -4.86. The van der Waals surface area contributed by atoms with Gasteiger partial charge in [-0.1, -0.05) is 81.8 Å². The average Bonchev–Trinajstić information content (AvgIpc) is 2.92. The van der Waals surface area contributed by atoms with Gasteiger partial charge < -0.3 is 10.2 Å². The summed E-state index contributed by atoms with van der Waals surface area (Å²) in [5.41, 5.74) is -1.11. The zero-order valence-electron chi connectivity index (χ0n) is 24.5. The Morgan fingerprint density at radius 3 is 2.05 bits per heavy atom. The second kappa shape index (κ2) is 15.8. The van der Waals surface area contributed by atoms with Crippen LogP contribution in [-0.2, 0) is 35.2 Å². The maximum Gasteiger partial charge on any atom is 0.416 e. The van der Waals surface area contributed by atoms with Crippen molar-refractivity contribution in [1.82, 2.24) is 10.2 Å². The molecule has 0 aliphatic carbocycles. The van der Waals surface area contributed by atoms with E-state index in [0.29, 0.717) is 12.0 Å². The van der Waals surface area contributed by atoms with Gasteiger partial charge in [-0.2, -0.15) is 13.2 Å². The summed E-state index contributed by atoms with van der Waals surface area (Å²) in [5.74, 6) is -3.17. The summed E-state index contributed by atoms with van der Waals surface area (Å²) < 4.78 is 71.7. The molecule has 0 bridgehead atoms. The number of hydrogen-bond donors (Lipinski definition) is 1. The number of carbonyl (C=O) groups excluding carboxylic acids is 2. The summed E-state index contributed by atoms with van der Waals surface area (Å²) in [7, 11) is 0. The zero-order valence-corrected chi connectivity index (χ0v) is 24.5. The smallest absolute Gasteiger partial charge is 0.334 e. The number of carbonyl (C=O) groups is 2. The van der Waals surface area contributed by atoms with Crippen LogP contribution in [0.25, 0.3) is 5.57 Å². The Kier molecular flexibility index (Phi) is 12.9. The number of nitrogens with zero attached hydrogens (tertiary/aromatic N) is 1. The lowest BCUT2D eigenvalue weighted by Crippen LogP contribution is -2.36. The molecular formula is C33H37F5N2O2. The van der Waals surface area contributed by atoms with Crippen molar-refractivity contribution in [2.75, 3.05) is 6.54 Å². The highest BCUT2D eigenvalue weighted by atomic mass is 19.4. The first-order valence-corrected chi connectivity index (χ1v) is 13.8. The van der Waals surface area contributed by atoms with Crippen LogP contribution in [0.1, 0.15) is 68.9 Å². The Labute approximate surface area is 244 Å². The Bertz CT molecular complexity index is 1380. The SMILES string of the molecule is CCC.CCc1cccc(/C(C(=O)N(CCc2ccccc2)Cc2c(F)cccc2C(F)(F)F)=C(\C)NC(C)=O)c1F. The molecular weight excluding hydrogens is 551 g/mol. The number of halogens is 5. The van der Waals surface area contributed by atoms with Gasteiger partial charge >= 0.3 is 6.18 Å². The van der Waals surface area contributed by atoms with Gasteiger partial charge in [0.25, 0.3) is 5.91 Å². The number of benzene rings is 3. The van der Waals surface area contributed by atoms with E-state index < -0.39 is 47.3 Å². The summed E-state index contributed by atoms with van der Waals surface area (Å²) in [6, 6.07) is 16.0. The summed E-state index contributed by atoms with van der Waals surface area (Å²) in [6.45, 7) is 7.79. The van der Waals surface area contributed by atoms with E-state index in [0.717, 1.165) is 28.7 Å². The number of rotatable bonds is 9. The fourth-order valence-corrected chi connectivity index (χ4v) is 4.35. The van der Waals surface area contributed by atoms with Gasteiger partial charge in [0, 0.05) is 36.8 Å². The highest BCUT2D eigenvalue weighted by Gasteiger charge is 2.36. The summed E-state index contributed by atoms with van der Waals surface area (Å²) in [4.78, 5) is 27.0. The number of hydrogen-bond acceptors (Lipinski definition) is 2. The van der Waals surface area contributed by atoms with Gasteiger partial charge in [0.1, 0.15) is 11.6 Å². The second-order valence-corrected chi connectivity index (χ2v) is 9.75. The van der Waals surface area contributed by atoms with Gasteiger partial charge in [-0.3, -0.25) is 9.59 Å². The van der Waals surface area contributed by atoms with Crippen molar-refractivity contribution in [3.63, 3.8) is 0 Å². The molecule has 0 spiro atoms. The van der Waals surface area contributed by atoms with E-state index in [9.17, 15) is 27.2 Å². The van der Waals surface area contributed by atoms with Crippen LogP contribution in [0.2, 0.25) is 0 Å². The standard InChI is InChI=1S/C30H29F5N2O2.C3H8/c1-4-22-12-8-13-23(28(22)32)27(19(2)36-20(3)38)29(39)37(17-16-21-10-6-5-7-11-21)18-24-25(30(33,34)35)14-9-15-26(24)31;1-3-2/h5-15H,4,16-18H2,1-3H3,(H,36,38);3H2,1-2H3/b27-19-;. The summed E-state index contributed by atoms with van der Waals surface area (Å²) >= 11 is 0. The number of amides is 2. The Hall–Kier alpha value is -4.01. The molecule has 0 atom stereocenters. The molecule has 0 unspecified atom stereocenters. The molecule has 3 aromatic carbocycles. The Morgan fingerprint density at radius 1 is 0.857 bits per heavy atom. The molecule has 0 saturated heterocycles. The minimum Gasteiger partial charge on any atom is -0.334 e. The van der Waals surface area contributed by atoms with Crippen molar-refractivity contribution in [2.45, 2.75) is 66.6 Å². The number of allylic oxidation sites excluding steroid dienone is 1. The second-order valence-electron chi connectivity index (χ2n) is 9.75. The molecule has 226 valence electrons. The number of aryl methyl sites for hydroxylation is 1. The van der Waals surface area contributed by atoms with E-state index in [4.69, 9.17) is 0 Å². The molecule has 3 aromatic rings. The van der Waals surface area contributed by atoms with Crippen LogP contribution in [0.15, 0.2) is 72.4 Å². The van der Waals surface area contributed by atoms with Gasteiger partial charge in [-0.15, -0.1) is 0 Å². The first-order valence-electron chi connectivity index (χ1n) is 13.8. The van der Waals surface area contributed by atoms with E-state index in [1.165, 1.54) is 26.3 Å². The molecule has 4 nitrogen and oxygen atoms in total. The monoisotopic (exact) mass is 588 g/mol. The molecule has 0 radical (unpaired) electrons. The first kappa shape index (κ1) is 34.2. The third-order valence-corrected chi connectivity index (χ3v) is 6.25. The normalized spacial score (nSPS) is 11.7. The largest absolute Gasteiger partial charge is 0.416 e. The molecule has 0 saturated carbocycles. The van der Waals surface area contributed by atoms with E-state index in [1.807, 2.05) is 0 Å². The Morgan fingerprint density at radius 2 is 1.48 bits per heavy atom. The van der Waals surface area contributed by atoms with Crippen molar-refractivity contribution in [3.05, 3.63) is 112 Å². The lowest BCUT2D eigenvalue weighted by molar-refractivity contribution is -0.139. The average molecular weight is 589 g/mol. The molecule has 1 N–H and O–H groups in total. The molecule has 0 fully saturated rings. The van der Waals surface area contributed by atoms with Gasteiger partial charge in [-0.25, -0.2) is 8.78 Å². The maximum atomic E-state index is 15.5. The van der Waals surface area contributed by atoms with Gasteiger partial charge in [-0.05, 0) is 43.0 Å². The van der Waals surface area contributed by atoms with Crippen molar-refractivity contribution in [3.8, 4) is 0 Å². The molecule has 9 heteroatoms. The van der Waals surface area contributed by atoms with Crippen LogP contribution in [0.4, 0.5) is 22.0 Å². The first-order chi connectivity index (χ1) is 19.8. The van der Waals surface area contributed by atoms with E-state index >= 15 is 4.39 Å². The molecule has 42 heavy (non-hydrogen) atoms. The lowest BCUT2D eigenvalue weighted by Gasteiger charge is -2.27. The summed E-state index contributed by atoms with van der Waals surface area (Å²) in [6.07, 6.45) is -3.05. The summed E-state index contributed by atoms with van der Waals surface area (Å²) in [5, 5.41) is 2.50. The fourth-order valence-electron chi connectivity index (χ4n) is 4.35. The van der Waals surface area contributed by atoms with Crippen LogP contribution in [0, 0.1) is 11.6 Å². The molecule has 0 aliphatic rings. The van der Waals surface area contributed by atoms with E-state index in [2.05, 4.69) is 19.2 Å². The molecule has 2 amide bonds. The Balaban J connectivity index is 0.00000197. The van der Waals surface area contributed by atoms with Crippen molar-refractivity contribution < 1.29 is 31.5 Å². The number of alkyl halides is 3. The molecule has 0 aliphatic heterocycles. The van der Waals surface area contributed by atoms with E-state index in [-0.39, 0.29) is 29.8 Å². The zero-order chi connectivity index (χ0) is 31.4. The lowest BCUT2D eigenvalue weighted by atomic mass is 9.97. The molecule has 3 rings (SSSR count). The fraction of sp³-hybridized carbons (Fsp3) is 0.333. The van der Waals surface area contributed by atoms with Crippen LogP contribution < -0.4 is 5.32 Å². The van der Waals surface area contributed by atoms with Crippen molar-refractivity contribution in [1.29, 1.82) is 0 Å². The van der Waals surface area contributed by atoms with Gasteiger partial charge in [0.15, 0.2) is 0 Å².